The minimum absolute atomic E-state index is 0. The molecule has 0 aromatic heterocycles. The van der Waals surface area contributed by atoms with Crippen molar-refractivity contribution in [2.75, 3.05) is 25.0 Å². The summed E-state index contributed by atoms with van der Waals surface area (Å²) in [5, 5.41) is 17.0. The summed E-state index contributed by atoms with van der Waals surface area (Å²) >= 11 is 0. The molecule has 5 rings (SSSR count). The molecule has 1 saturated carbocycles. The molecule has 2 aliphatic heterocycles. The van der Waals surface area contributed by atoms with Gasteiger partial charge >= 0.3 is 0 Å². The minimum Gasteiger partial charge on any atom is -0.457 e. The van der Waals surface area contributed by atoms with Gasteiger partial charge in [-0.05, 0) is 74.1 Å². The van der Waals surface area contributed by atoms with Gasteiger partial charge in [0.2, 0.25) is 17.7 Å². The van der Waals surface area contributed by atoms with E-state index in [4.69, 9.17) is 4.74 Å². The smallest absolute Gasteiger partial charge is 0.246 e. The topological polar surface area (TPSA) is 111 Å². The molecule has 44 heavy (non-hydrogen) atoms. The number of hydrogen-bond donors (Lipinski definition) is 3. The Hall–Kier alpha value is -3.14. The Morgan fingerprint density at radius 1 is 0.977 bits per heavy atom. The molecule has 0 bridgehead atoms. The summed E-state index contributed by atoms with van der Waals surface area (Å²) in [5.74, 6) is 1.22. The van der Waals surface area contributed by atoms with Gasteiger partial charge in [-0.2, -0.15) is 0 Å². The van der Waals surface area contributed by atoms with E-state index in [1.807, 2.05) is 29.2 Å². The second kappa shape index (κ2) is 14.8. The Morgan fingerprint density at radius 3 is 2.18 bits per heavy atom. The van der Waals surface area contributed by atoms with E-state index in [1.165, 1.54) is 6.92 Å². The van der Waals surface area contributed by atoms with Crippen molar-refractivity contribution in [3.8, 4) is 11.5 Å². The summed E-state index contributed by atoms with van der Waals surface area (Å²) in [6.07, 6.45) is 7.75. The van der Waals surface area contributed by atoms with E-state index in [-0.39, 0.29) is 30.1 Å². The Kier molecular flexibility index (Phi) is 11.3. The van der Waals surface area contributed by atoms with E-state index in [1.54, 1.807) is 12.1 Å². The number of halogens is 1. The van der Waals surface area contributed by atoms with Crippen molar-refractivity contribution in [2.24, 2.45) is 0 Å². The fourth-order valence-corrected chi connectivity index (χ4v) is 6.89. The van der Waals surface area contributed by atoms with E-state index < -0.39 is 17.2 Å². The lowest BCUT2D eigenvalue weighted by atomic mass is 9.77. The van der Waals surface area contributed by atoms with Gasteiger partial charge in [-0.25, -0.2) is 0 Å². The monoisotopic (exact) mass is 626 g/mol. The Bertz CT molecular complexity index is 1270. The second-order valence-electron chi connectivity index (χ2n) is 12.6. The Labute approximate surface area is 267 Å². The number of piperidine rings is 1. The molecule has 2 aromatic carbocycles. The molecule has 1 spiro atoms. The molecule has 1 aliphatic carbocycles. The molecule has 3 N–H and O–H groups in total. The lowest BCUT2D eigenvalue weighted by Crippen LogP contribution is -2.73. The number of unbranched alkanes of at least 4 members (excludes halogenated alkanes) is 1. The number of nitrogens with one attached hydrogen (secondary N) is 2. The van der Waals surface area contributed by atoms with Crippen LogP contribution >= 0.6 is 12.4 Å². The van der Waals surface area contributed by atoms with E-state index in [0.29, 0.717) is 44.4 Å². The van der Waals surface area contributed by atoms with Gasteiger partial charge < -0.3 is 25.4 Å². The molecule has 1 atom stereocenters. The third-order valence-corrected chi connectivity index (χ3v) is 9.34. The summed E-state index contributed by atoms with van der Waals surface area (Å²) in [6, 6.07) is 14.6. The maximum atomic E-state index is 13.8. The van der Waals surface area contributed by atoms with Crippen molar-refractivity contribution in [1.82, 2.24) is 15.1 Å². The minimum atomic E-state index is -0.866. The molecule has 0 unspecified atom stereocenters. The number of likely N-dealkylation sites (tertiary alicyclic amines) is 1. The highest BCUT2D eigenvalue weighted by Crippen LogP contribution is 2.38. The van der Waals surface area contributed by atoms with Crippen LogP contribution in [0.1, 0.15) is 83.6 Å². The number of benzene rings is 2. The first-order valence-corrected chi connectivity index (χ1v) is 15.9. The van der Waals surface area contributed by atoms with Crippen molar-refractivity contribution in [1.29, 1.82) is 0 Å². The van der Waals surface area contributed by atoms with E-state index in [0.717, 1.165) is 68.7 Å². The summed E-state index contributed by atoms with van der Waals surface area (Å²) in [5.41, 5.74) is 0.188. The van der Waals surface area contributed by atoms with E-state index in [9.17, 15) is 19.5 Å². The number of carbonyl (C=O) groups excluding carboxylic acids is 3. The highest BCUT2D eigenvalue weighted by Gasteiger charge is 2.54. The normalized spacial score (nSPS) is 21.3. The molecule has 3 fully saturated rings. The third kappa shape index (κ3) is 7.92. The largest absolute Gasteiger partial charge is 0.457 e. The van der Waals surface area contributed by atoms with Gasteiger partial charge in [0.25, 0.3) is 0 Å². The van der Waals surface area contributed by atoms with Crippen LogP contribution in [-0.2, 0) is 20.9 Å². The van der Waals surface area contributed by atoms with Gasteiger partial charge in [-0.3, -0.25) is 19.3 Å². The molecule has 3 aliphatic rings. The Morgan fingerprint density at radius 2 is 1.59 bits per heavy atom. The van der Waals surface area contributed by atoms with Gasteiger partial charge in [0, 0.05) is 45.2 Å². The van der Waals surface area contributed by atoms with E-state index >= 15 is 0 Å². The maximum absolute atomic E-state index is 13.8. The summed E-state index contributed by atoms with van der Waals surface area (Å²) in [4.78, 5) is 43.0. The van der Waals surface area contributed by atoms with Crippen LogP contribution < -0.4 is 15.4 Å². The average Bonchev–Trinajstić information content (AvgIpc) is 2.99. The van der Waals surface area contributed by atoms with Crippen molar-refractivity contribution >= 4 is 35.8 Å². The first-order valence-electron chi connectivity index (χ1n) is 15.9. The predicted octanol–water partition coefficient (Wildman–Crippen LogP) is 5.41. The lowest BCUT2D eigenvalue weighted by molar-refractivity contribution is -0.163. The lowest BCUT2D eigenvalue weighted by Gasteiger charge is -2.52. The zero-order valence-electron chi connectivity index (χ0n) is 26.0. The van der Waals surface area contributed by atoms with Crippen LogP contribution in [-0.4, -0.2) is 69.4 Å². The van der Waals surface area contributed by atoms with Gasteiger partial charge in [0.05, 0.1) is 5.60 Å². The number of carbonyl (C=O) groups is 3. The molecular formula is C34H47ClN4O5. The number of aliphatic hydroxyl groups is 1. The maximum Gasteiger partial charge on any atom is 0.246 e. The molecule has 0 radical (unpaired) electrons. The first-order chi connectivity index (χ1) is 20.7. The number of nitrogens with zero attached hydrogens (tertiary/aromatic N) is 2. The highest BCUT2D eigenvalue weighted by molar-refractivity contribution is 6.00. The first kappa shape index (κ1) is 33.7. The number of amides is 3. The zero-order chi connectivity index (χ0) is 30.5. The quantitative estimate of drug-likeness (QED) is 0.325. The summed E-state index contributed by atoms with van der Waals surface area (Å²) in [6.45, 7) is 6.35. The zero-order valence-corrected chi connectivity index (χ0v) is 26.8. The molecular weight excluding hydrogens is 580 g/mol. The van der Waals surface area contributed by atoms with Crippen molar-refractivity contribution in [2.45, 2.75) is 102 Å². The number of ether oxygens (including phenoxy) is 1. The second-order valence-corrected chi connectivity index (χ2v) is 12.6. The standard InChI is InChI=1S/C34H46N4O5.ClH/c1-3-4-20-38-31(40)30(23-33(42)16-6-5-7-17-33)36-32(41)34(38)18-21-37(22-19-34)24-26-8-12-28(13-9-26)43-29-14-10-27(11-15-29)35-25(2)39;/h8-15,30,42H,3-7,16-24H2,1-2H3,(H,35,39)(H,36,41);1H/t30-;/m1./s1. The van der Waals surface area contributed by atoms with Gasteiger partial charge in [-0.15, -0.1) is 12.4 Å². The molecule has 9 nitrogen and oxygen atoms in total. The van der Waals surface area contributed by atoms with Crippen LogP contribution in [0.25, 0.3) is 0 Å². The molecule has 240 valence electrons. The average molecular weight is 627 g/mol. The summed E-state index contributed by atoms with van der Waals surface area (Å²) in [7, 11) is 0. The molecule has 2 aromatic rings. The van der Waals surface area contributed by atoms with Crippen LogP contribution in [0.2, 0.25) is 0 Å². The van der Waals surface area contributed by atoms with Crippen LogP contribution in [0.5, 0.6) is 11.5 Å². The van der Waals surface area contributed by atoms with Gasteiger partial charge in [0.15, 0.2) is 0 Å². The SMILES string of the molecule is CCCCN1C(=O)[C@@H](CC2(O)CCCCC2)NC(=O)C12CCN(Cc1ccc(Oc3ccc(NC(C)=O)cc3)cc1)CC2.Cl. The molecule has 10 heteroatoms. The fraction of sp³-hybridized carbons (Fsp3) is 0.559. The Balaban J connectivity index is 0.00000442. The van der Waals surface area contributed by atoms with Gasteiger partial charge in [0.1, 0.15) is 23.1 Å². The fourth-order valence-electron chi connectivity index (χ4n) is 6.89. The molecule has 2 saturated heterocycles. The number of anilines is 1. The van der Waals surface area contributed by atoms with Crippen LogP contribution in [0, 0.1) is 0 Å². The van der Waals surface area contributed by atoms with Crippen molar-refractivity contribution in [3.05, 3.63) is 54.1 Å². The third-order valence-electron chi connectivity index (χ3n) is 9.34. The van der Waals surface area contributed by atoms with Crippen LogP contribution in [0.4, 0.5) is 5.69 Å². The molecule has 2 heterocycles. The predicted molar refractivity (Wildman–Crippen MR) is 173 cm³/mol. The highest BCUT2D eigenvalue weighted by atomic mass is 35.5. The number of rotatable bonds is 10. The van der Waals surface area contributed by atoms with Gasteiger partial charge in [-0.1, -0.05) is 44.7 Å². The van der Waals surface area contributed by atoms with E-state index in [2.05, 4.69) is 34.6 Å². The van der Waals surface area contributed by atoms with Crippen molar-refractivity contribution in [3.63, 3.8) is 0 Å². The van der Waals surface area contributed by atoms with Crippen LogP contribution in [0.3, 0.4) is 0 Å². The number of hydrogen-bond acceptors (Lipinski definition) is 6. The van der Waals surface area contributed by atoms with Crippen molar-refractivity contribution < 1.29 is 24.2 Å². The molecule has 3 amide bonds. The summed E-state index contributed by atoms with van der Waals surface area (Å²) < 4.78 is 5.96. The van der Waals surface area contributed by atoms with Crippen LogP contribution in [0.15, 0.2) is 48.5 Å². The number of piperazine rings is 1.